The fourth-order valence-corrected chi connectivity index (χ4v) is 4.32. The number of hydrogen-bond donors (Lipinski definition) is 0. The highest BCUT2D eigenvalue weighted by atomic mass is 32.2. The van der Waals surface area contributed by atoms with Crippen LogP contribution in [0.3, 0.4) is 0 Å². The molecular formula is C25H18FO2S-. The van der Waals surface area contributed by atoms with E-state index in [9.17, 15) is 8.76 Å². The van der Waals surface area contributed by atoms with Gasteiger partial charge >= 0.3 is 0 Å². The first kappa shape index (κ1) is 19.2. The minimum Gasteiger partial charge on any atom is -0.768 e. The first-order chi connectivity index (χ1) is 14.1. The predicted molar refractivity (Wildman–Crippen MR) is 112 cm³/mol. The fraction of sp³-hybridized carbons (Fsp3) is 0.0400. The highest BCUT2D eigenvalue weighted by Gasteiger charge is 2.40. The van der Waals surface area contributed by atoms with Gasteiger partial charge in [-0.3, -0.25) is 4.21 Å². The van der Waals surface area contributed by atoms with Crippen molar-refractivity contribution >= 4 is 11.1 Å². The van der Waals surface area contributed by atoms with Crippen LogP contribution >= 0.6 is 0 Å². The van der Waals surface area contributed by atoms with Crippen molar-refractivity contribution in [3.8, 4) is 0 Å². The van der Waals surface area contributed by atoms with Crippen molar-refractivity contribution in [2.75, 3.05) is 0 Å². The zero-order chi connectivity index (χ0) is 20.3. The molecule has 4 rings (SSSR count). The quantitative estimate of drug-likeness (QED) is 0.330. The van der Waals surface area contributed by atoms with Crippen LogP contribution in [0.25, 0.3) is 0 Å². The first-order valence-corrected chi connectivity index (χ1v) is 10.3. The van der Waals surface area contributed by atoms with Gasteiger partial charge in [0.25, 0.3) is 0 Å². The molecule has 0 bridgehead atoms. The van der Waals surface area contributed by atoms with E-state index in [1.165, 1.54) is 18.2 Å². The smallest absolute Gasteiger partial charge is 0.128 e. The number of rotatable bonds is 5. The average Bonchev–Trinajstić information content (AvgIpc) is 2.77. The number of halogens is 1. The van der Waals surface area contributed by atoms with Crippen LogP contribution < -0.4 is 0 Å². The topological polar surface area (TPSA) is 40.1 Å². The molecule has 1 unspecified atom stereocenters. The molecule has 0 amide bonds. The summed E-state index contributed by atoms with van der Waals surface area (Å²) >= 11 is -2.47. The Hall–Kier alpha value is -3.08. The van der Waals surface area contributed by atoms with E-state index in [0.717, 1.165) is 16.7 Å². The van der Waals surface area contributed by atoms with E-state index in [0.29, 0.717) is 5.56 Å². The predicted octanol–water partition coefficient (Wildman–Crippen LogP) is 5.45. The molecule has 0 saturated carbocycles. The minimum absolute atomic E-state index is 0.0496. The third-order valence-electron chi connectivity index (χ3n) is 5.15. The summed E-state index contributed by atoms with van der Waals surface area (Å²) in [6.45, 7) is 0. The maximum atomic E-state index is 15.4. The van der Waals surface area contributed by atoms with Crippen molar-refractivity contribution in [3.05, 3.63) is 137 Å². The van der Waals surface area contributed by atoms with Crippen molar-refractivity contribution < 1.29 is 13.2 Å². The molecule has 0 spiro atoms. The van der Waals surface area contributed by atoms with Gasteiger partial charge in [0.05, 0.1) is 5.41 Å². The Balaban J connectivity index is 2.18. The van der Waals surface area contributed by atoms with Crippen LogP contribution in [0.4, 0.5) is 4.39 Å². The average molecular weight is 401 g/mol. The molecule has 0 fully saturated rings. The summed E-state index contributed by atoms with van der Waals surface area (Å²) in [6, 6.07) is 32.8. The van der Waals surface area contributed by atoms with Crippen molar-refractivity contribution in [1.82, 2.24) is 0 Å². The van der Waals surface area contributed by atoms with Crippen LogP contribution in [0.15, 0.2) is 114 Å². The molecule has 1 atom stereocenters. The lowest BCUT2D eigenvalue weighted by molar-refractivity contribution is 0.535. The van der Waals surface area contributed by atoms with Crippen LogP contribution in [0.1, 0.15) is 22.3 Å². The normalized spacial score (nSPS) is 12.5. The standard InChI is InChI=1S/C25H19FO2S/c26-24-17-16-22(29(27)28)18-23(24)25(19-10-4-1-5-11-19,20-12-6-2-7-13-20)21-14-8-3-9-15-21/h1-18H,(H,27,28)/p-1. The molecular weight excluding hydrogens is 383 g/mol. The molecule has 4 aromatic rings. The Morgan fingerprint density at radius 3 is 1.45 bits per heavy atom. The molecule has 0 aliphatic rings. The number of hydrogen-bond acceptors (Lipinski definition) is 2. The van der Waals surface area contributed by atoms with Gasteiger partial charge in [-0.2, -0.15) is 0 Å². The zero-order valence-electron chi connectivity index (χ0n) is 15.5. The molecule has 0 aliphatic heterocycles. The van der Waals surface area contributed by atoms with E-state index in [2.05, 4.69) is 0 Å². The fourth-order valence-electron chi connectivity index (χ4n) is 3.93. The van der Waals surface area contributed by atoms with Crippen LogP contribution in [0.5, 0.6) is 0 Å². The SMILES string of the molecule is O=S([O-])c1ccc(F)c(C(c2ccccc2)(c2ccccc2)c2ccccc2)c1. The molecule has 0 saturated heterocycles. The summed E-state index contributed by atoms with van der Waals surface area (Å²) in [5.41, 5.74) is 1.84. The van der Waals surface area contributed by atoms with Crippen LogP contribution in [0.2, 0.25) is 0 Å². The minimum atomic E-state index is -2.47. The van der Waals surface area contributed by atoms with E-state index >= 15 is 4.39 Å². The third-order valence-corrected chi connectivity index (χ3v) is 5.79. The van der Waals surface area contributed by atoms with Crippen LogP contribution in [-0.4, -0.2) is 8.76 Å². The van der Waals surface area contributed by atoms with Crippen molar-refractivity contribution in [3.63, 3.8) is 0 Å². The number of benzene rings is 4. The van der Waals surface area contributed by atoms with Crippen LogP contribution in [0, 0.1) is 5.82 Å². The van der Waals surface area contributed by atoms with Gasteiger partial charge in [0.15, 0.2) is 0 Å². The van der Waals surface area contributed by atoms with Gasteiger partial charge in [0.1, 0.15) is 5.82 Å². The molecule has 29 heavy (non-hydrogen) atoms. The summed E-state index contributed by atoms with van der Waals surface area (Å²) in [7, 11) is 0. The Morgan fingerprint density at radius 2 is 1.07 bits per heavy atom. The van der Waals surface area contributed by atoms with Crippen molar-refractivity contribution in [1.29, 1.82) is 0 Å². The Labute approximate surface area is 172 Å². The molecule has 0 radical (unpaired) electrons. The van der Waals surface area contributed by atoms with Gasteiger partial charge in [-0.1, -0.05) is 91.0 Å². The van der Waals surface area contributed by atoms with Gasteiger partial charge < -0.3 is 4.55 Å². The van der Waals surface area contributed by atoms with Gasteiger partial charge in [0, 0.05) is 10.5 Å². The van der Waals surface area contributed by atoms with E-state index in [-0.39, 0.29) is 4.90 Å². The molecule has 0 N–H and O–H groups in total. The second kappa shape index (κ2) is 8.11. The summed E-state index contributed by atoms with van der Waals surface area (Å²) in [5, 5.41) is 0. The summed E-state index contributed by atoms with van der Waals surface area (Å²) in [4.78, 5) is 0.0496. The lowest BCUT2D eigenvalue weighted by atomic mass is 9.65. The summed E-state index contributed by atoms with van der Waals surface area (Å²) in [6.07, 6.45) is 0. The van der Waals surface area contributed by atoms with Crippen molar-refractivity contribution in [2.45, 2.75) is 10.3 Å². The molecule has 4 aromatic carbocycles. The maximum absolute atomic E-state index is 15.4. The van der Waals surface area contributed by atoms with Gasteiger partial charge in [0.2, 0.25) is 0 Å². The Morgan fingerprint density at radius 1 is 0.655 bits per heavy atom. The van der Waals surface area contributed by atoms with Gasteiger partial charge in [-0.15, -0.1) is 0 Å². The Kier molecular flexibility index (Phi) is 5.38. The van der Waals surface area contributed by atoms with E-state index in [1.54, 1.807) is 0 Å². The van der Waals surface area contributed by atoms with E-state index < -0.39 is 22.3 Å². The zero-order valence-corrected chi connectivity index (χ0v) is 16.3. The molecule has 4 heteroatoms. The lowest BCUT2D eigenvalue weighted by Gasteiger charge is -2.37. The molecule has 0 aromatic heterocycles. The lowest BCUT2D eigenvalue weighted by Crippen LogP contribution is -2.32. The molecule has 144 valence electrons. The van der Waals surface area contributed by atoms with Crippen LogP contribution in [-0.2, 0) is 16.5 Å². The molecule has 0 aliphatic carbocycles. The first-order valence-electron chi connectivity index (χ1n) is 9.20. The summed E-state index contributed by atoms with van der Waals surface area (Å²) in [5.74, 6) is -0.462. The maximum Gasteiger partial charge on any atom is 0.128 e. The van der Waals surface area contributed by atoms with Gasteiger partial charge in [-0.25, -0.2) is 4.39 Å². The van der Waals surface area contributed by atoms with Crippen molar-refractivity contribution in [2.24, 2.45) is 0 Å². The second-order valence-corrected chi connectivity index (χ2v) is 7.67. The molecule has 0 heterocycles. The Bertz CT molecular complexity index is 1030. The largest absolute Gasteiger partial charge is 0.768 e. The summed E-state index contributed by atoms with van der Waals surface area (Å²) < 4.78 is 38.7. The van der Waals surface area contributed by atoms with Gasteiger partial charge in [-0.05, 0) is 46.0 Å². The third kappa shape index (κ3) is 3.41. The second-order valence-electron chi connectivity index (χ2n) is 6.72. The highest BCUT2D eigenvalue weighted by Crippen LogP contribution is 2.46. The monoisotopic (exact) mass is 401 g/mol. The highest BCUT2D eigenvalue weighted by molar-refractivity contribution is 7.79. The van der Waals surface area contributed by atoms with E-state index in [4.69, 9.17) is 0 Å². The van der Waals surface area contributed by atoms with E-state index in [1.807, 2.05) is 91.0 Å². The molecule has 2 nitrogen and oxygen atoms in total.